The lowest BCUT2D eigenvalue weighted by Crippen LogP contribution is -2.46. The molecule has 2 unspecified atom stereocenters. The lowest BCUT2D eigenvalue weighted by molar-refractivity contribution is -0.126. The van der Waals surface area contributed by atoms with E-state index >= 15 is 0 Å². The Hall–Kier alpha value is -2.48. The van der Waals surface area contributed by atoms with Crippen molar-refractivity contribution < 1.29 is 13.2 Å². The Morgan fingerprint density at radius 3 is 2.52 bits per heavy atom. The van der Waals surface area contributed by atoms with Crippen LogP contribution in [0, 0.1) is 12.8 Å². The number of carbonyl (C=O) groups is 1. The zero-order valence-corrected chi connectivity index (χ0v) is 19.0. The van der Waals surface area contributed by atoms with E-state index in [0.29, 0.717) is 23.6 Å². The van der Waals surface area contributed by atoms with Crippen molar-refractivity contribution in [3.63, 3.8) is 0 Å². The van der Waals surface area contributed by atoms with E-state index in [1.165, 1.54) is 15.6 Å². The first-order chi connectivity index (χ1) is 15.0. The van der Waals surface area contributed by atoms with Gasteiger partial charge in [-0.15, -0.1) is 11.3 Å². The second-order valence-corrected chi connectivity index (χ2v) is 11.0. The summed E-state index contributed by atoms with van der Waals surface area (Å²) < 4.78 is 27.6. The van der Waals surface area contributed by atoms with Crippen molar-refractivity contribution in [2.75, 3.05) is 13.1 Å². The third-order valence-corrected chi connectivity index (χ3v) is 9.00. The van der Waals surface area contributed by atoms with Gasteiger partial charge in [0.1, 0.15) is 4.21 Å². The largest absolute Gasteiger partial charge is 0.345 e. The van der Waals surface area contributed by atoms with Gasteiger partial charge in [-0.3, -0.25) is 4.79 Å². The number of hydrogen-bond donors (Lipinski definition) is 1. The Balaban J connectivity index is 1.55. The fourth-order valence-corrected chi connectivity index (χ4v) is 6.74. The lowest BCUT2D eigenvalue weighted by Gasteiger charge is -2.32. The predicted molar refractivity (Wildman–Crippen MR) is 123 cm³/mol. The van der Waals surface area contributed by atoms with E-state index in [1.54, 1.807) is 17.5 Å². The number of carbonyl (C=O) groups excluding carboxylic acids is 1. The molecule has 1 aliphatic heterocycles. The quantitative estimate of drug-likeness (QED) is 0.602. The number of hydrogen-bond acceptors (Lipinski definition) is 4. The van der Waals surface area contributed by atoms with Gasteiger partial charge in [0.15, 0.2) is 0 Å². The molecule has 1 fully saturated rings. The van der Waals surface area contributed by atoms with Gasteiger partial charge in [-0.2, -0.15) is 4.31 Å². The van der Waals surface area contributed by atoms with E-state index < -0.39 is 10.0 Å². The molecule has 1 N–H and O–H groups in total. The molecule has 7 heteroatoms. The van der Waals surface area contributed by atoms with Gasteiger partial charge < -0.3 is 5.32 Å². The Morgan fingerprint density at radius 1 is 1.06 bits per heavy atom. The number of amides is 1. The highest BCUT2D eigenvalue weighted by Gasteiger charge is 2.34. The molecule has 162 valence electrons. The maximum absolute atomic E-state index is 13.3. The lowest BCUT2D eigenvalue weighted by atomic mass is 9.93. The molecule has 4 rings (SSSR count). The summed E-state index contributed by atoms with van der Waals surface area (Å²) in [7, 11) is -3.55. The number of aryl methyl sites for hydroxylation is 1. The number of thiophene rings is 1. The number of nitrogens with one attached hydrogen (secondary N) is 1. The van der Waals surface area contributed by atoms with E-state index in [-0.39, 0.29) is 24.4 Å². The number of rotatable bonds is 6. The zero-order valence-electron chi connectivity index (χ0n) is 17.4. The van der Waals surface area contributed by atoms with Crippen molar-refractivity contribution in [2.45, 2.75) is 30.0 Å². The third kappa shape index (κ3) is 4.74. The molecule has 2 atom stereocenters. The SMILES string of the molecule is Cc1ccccc1C(NC(=O)C1CCCN(S(=O)(=O)c2cccs2)C1)c1ccccc1. The van der Waals surface area contributed by atoms with Crippen molar-refractivity contribution >= 4 is 27.3 Å². The van der Waals surface area contributed by atoms with Crippen molar-refractivity contribution in [1.82, 2.24) is 9.62 Å². The predicted octanol–water partition coefficient (Wildman–Crippen LogP) is 4.36. The monoisotopic (exact) mass is 454 g/mol. The Morgan fingerprint density at radius 2 is 1.81 bits per heavy atom. The van der Waals surface area contributed by atoms with Gasteiger partial charge in [-0.05, 0) is 47.9 Å². The minimum atomic E-state index is -3.55. The molecule has 1 saturated heterocycles. The van der Waals surface area contributed by atoms with Crippen molar-refractivity contribution in [1.29, 1.82) is 0 Å². The molecule has 3 aromatic rings. The summed E-state index contributed by atoms with van der Waals surface area (Å²) >= 11 is 1.21. The molecular formula is C24H26N2O3S2. The number of nitrogens with zero attached hydrogens (tertiary/aromatic N) is 1. The van der Waals surface area contributed by atoms with Crippen LogP contribution in [0.3, 0.4) is 0 Å². The van der Waals surface area contributed by atoms with Crippen LogP contribution in [0.25, 0.3) is 0 Å². The van der Waals surface area contributed by atoms with Crippen molar-refractivity contribution in [3.8, 4) is 0 Å². The smallest absolute Gasteiger partial charge is 0.252 e. The second kappa shape index (κ2) is 9.34. The van der Waals surface area contributed by atoms with Crippen LogP contribution in [0.15, 0.2) is 76.3 Å². The van der Waals surface area contributed by atoms with Gasteiger partial charge in [0, 0.05) is 13.1 Å². The van der Waals surface area contributed by atoms with E-state index in [4.69, 9.17) is 0 Å². The summed E-state index contributed by atoms with van der Waals surface area (Å²) in [6.45, 7) is 2.69. The van der Waals surface area contributed by atoms with Gasteiger partial charge in [0.25, 0.3) is 10.0 Å². The number of piperidine rings is 1. The van der Waals surface area contributed by atoms with E-state index in [2.05, 4.69) is 5.32 Å². The average molecular weight is 455 g/mol. The van der Waals surface area contributed by atoms with Gasteiger partial charge in [0.05, 0.1) is 12.0 Å². The summed E-state index contributed by atoms with van der Waals surface area (Å²) in [5.41, 5.74) is 3.15. The van der Waals surface area contributed by atoms with Gasteiger partial charge in [-0.25, -0.2) is 8.42 Å². The fourth-order valence-electron chi connectivity index (χ4n) is 4.07. The molecule has 0 bridgehead atoms. The minimum Gasteiger partial charge on any atom is -0.345 e. The summed E-state index contributed by atoms with van der Waals surface area (Å²) in [5.74, 6) is -0.484. The summed E-state index contributed by atoms with van der Waals surface area (Å²) in [6.07, 6.45) is 1.35. The average Bonchev–Trinajstić information content (AvgIpc) is 3.35. The molecule has 5 nitrogen and oxygen atoms in total. The molecule has 1 aliphatic rings. The van der Waals surface area contributed by atoms with Crippen LogP contribution in [0.4, 0.5) is 0 Å². The zero-order chi connectivity index (χ0) is 21.8. The summed E-state index contributed by atoms with van der Waals surface area (Å²) in [5, 5.41) is 4.97. The van der Waals surface area contributed by atoms with E-state index in [9.17, 15) is 13.2 Å². The van der Waals surface area contributed by atoms with Crippen molar-refractivity contribution in [3.05, 3.63) is 88.8 Å². The number of sulfonamides is 1. The summed E-state index contributed by atoms with van der Waals surface area (Å²) in [6, 6.07) is 21.0. The highest BCUT2D eigenvalue weighted by Crippen LogP contribution is 2.29. The Labute approximate surface area is 187 Å². The maximum Gasteiger partial charge on any atom is 0.252 e. The number of benzene rings is 2. The van der Waals surface area contributed by atoms with Crippen LogP contribution >= 0.6 is 11.3 Å². The van der Waals surface area contributed by atoms with Gasteiger partial charge >= 0.3 is 0 Å². The van der Waals surface area contributed by atoms with Gasteiger partial charge in [-0.1, -0.05) is 60.7 Å². The molecule has 1 amide bonds. The van der Waals surface area contributed by atoms with Crippen LogP contribution in [0.5, 0.6) is 0 Å². The van der Waals surface area contributed by atoms with E-state index in [0.717, 1.165) is 16.7 Å². The Kier molecular flexibility index (Phi) is 6.55. The third-order valence-electron chi connectivity index (χ3n) is 5.76. The fraction of sp³-hybridized carbons (Fsp3) is 0.292. The maximum atomic E-state index is 13.3. The molecule has 2 aromatic carbocycles. The second-order valence-electron chi connectivity index (χ2n) is 7.84. The highest BCUT2D eigenvalue weighted by atomic mass is 32.2. The highest BCUT2D eigenvalue weighted by molar-refractivity contribution is 7.91. The molecule has 0 saturated carbocycles. The molecule has 0 radical (unpaired) electrons. The van der Waals surface area contributed by atoms with Crippen LogP contribution in [0.2, 0.25) is 0 Å². The van der Waals surface area contributed by atoms with Crippen LogP contribution in [-0.2, 0) is 14.8 Å². The van der Waals surface area contributed by atoms with Crippen LogP contribution in [-0.4, -0.2) is 31.7 Å². The molecular weight excluding hydrogens is 428 g/mol. The molecule has 2 heterocycles. The topological polar surface area (TPSA) is 66.5 Å². The minimum absolute atomic E-state index is 0.108. The molecule has 31 heavy (non-hydrogen) atoms. The molecule has 0 spiro atoms. The summed E-state index contributed by atoms with van der Waals surface area (Å²) in [4.78, 5) is 13.3. The van der Waals surface area contributed by atoms with E-state index in [1.807, 2.05) is 61.5 Å². The van der Waals surface area contributed by atoms with Gasteiger partial charge in [0.2, 0.25) is 5.91 Å². The Bertz CT molecular complexity index is 1130. The van der Waals surface area contributed by atoms with Crippen molar-refractivity contribution in [2.24, 2.45) is 5.92 Å². The molecule has 1 aromatic heterocycles. The molecule has 0 aliphatic carbocycles. The first-order valence-corrected chi connectivity index (χ1v) is 12.7. The standard InChI is InChI=1S/C24H26N2O3S2/c1-18-9-5-6-13-21(18)23(19-10-3-2-4-11-19)25-24(27)20-12-7-15-26(17-20)31(28,29)22-14-8-16-30-22/h2-6,8-11,13-14,16,20,23H,7,12,15,17H2,1H3,(H,25,27). The first kappa shape index (κ1) is 21.7. The first-order valence-electron chi connectivity index (χ1n) is 10.4. The van der Waals surface area contributed by atoms with Crippen LogP contribution in [0.1, 0.15) is 35.6 Å². The van der Waals surface area contributed by atoms with Crippen LogP contribution < -0.4 is 5.32 Å². The normalized spacial score (nSPS) is 18.4.